The average Bonchev–Trinajstić information content (AvgIpc) is 2.45. The second-order valence-corrected chi connectivity index (χ2v) is 5.33. The maximum Gasteiger partial charge on any atom is 0.227 e. The summed E-state index contributed by atoms with van der Waals surface area (Å²) in [6, 6.07) is 1.82. The first-order chi connectivity index (χ1) is 9.92. The van der Waals surface area contributed by atoms with Crippen molar-refractivity contribution in [1.82, 2.24) is 15.3 Å². The predicted octanol–water partition coefficient (Wildman–Crippen LogP) is 1.24. The molecule has 7 nitrogen and oxygen atoms in total. The zero-order valence-electron chi connectivity index (χ0n) is 13.4. The average molecular weight is 295 g/mol. The Balaban J connectivity index is 2.84. The van der Waals surface area contributed by atoms with Gasteiger partial charge in [0.05, 0.1) is 5.41 Å². The van der Waals surface area contributed by atoms with E-state index in [2.05, 4.69) is 25.9 Å². The summed E-state index contributed by atoms with van der Waals surface area (Å²) in [4.78, 5) is 20.5. The Morgan fingerprint density at radius 2 is 1.90 bits per heavy atom. The molecule has 7 heteroatoms. The molecule has 1 heterocycles. The Kier molecular flexibility index (Phi) is 6.36. The molecule has 0 saturated heterocycles. The van der Waals surface area contributed by atoms with E-state index in [1.165, 1.54) is 0 Å². The van der Waals surface area contributed by atoms with E-state index in [-0.39, 0.29) is 5.91 Å². The normalized spacial score (nSPS) is 11.1. The van der Waals surface area contributed by atoms with Crippen molar-refractivity contribution in [2.24, 2.45) is 5.41 Å². The van der Waals surface area contributed by atoms with E-state index in [1.54, 1.807) is 14.2 Å². The molecular weight excluding hydrogens is 270 g/mol. The molecule has 0 saturated carbocycles. The van der Waals surface area contributed by atoms with Crippen molar-refractivity contribution < 1.29 is 9.53 Å². The Morgan fingerprint density at radius 3 is 2.43 bits per heavy atom. The van der Waals surface area contributed by atoms with Gasteiger partial charge in [0.25, 0.3) is 0 Å². The highest BCUT2D eigenvalue weighted by Crippen LogP contribution is 2.18. The van der Waals surface area contributed by atoms with Crippen molar-refractivity contribution in [3.8, 4) is 0 Å². The van der Waals surface area contributed by atoms with Crippen LogP contribution in [-0.2, 0) is 16.1 Å². The summed E-state index contributed by atoms with van der Waals surface area (Å²) < 4.78 is 5.07. The molecule has 0 atom stereocenters. The number of carbonyl (C=O) groups excluding carboxylic acids is 1. The van der Waals surface area contributed by atoms with E-state index in [1.807, 2.05) is 26.8 Å². The molecule has 0 aliphatic heterocycles. The van der Waals surface area contributed by atoms with Gasteiger partial charge in [0, 0.05) is 33.3 Å². The third-order valence-electron chi connectivity index (χ3n) is 2.96. The molecule has 0 bridgehead atoms. The van der Waals surface area contributed by atoms with Crippen molar-refractivity contribution in [3.05, 3.63) is 11.9 Å². The first-order valence-electron chi connectivity index (χ1n) is 6.99. The summed E-state index contributed by atoms with van der Waals surface area (Å²) in [5.74, 6) is 1.98. The molecule has 0 aromatic carbocycles. The quantitative estimate of drug-likeness (QED) is 0.669. The van der Waals surface area contributed by atoms with Crippen LogP contribution in [0.15, 0.2) is 6.07 Å². The molecule has 1 amide bonds. The molecule has 118 valence electrons. The molecule has 21 heavy (non-hydrogen) atoms. The fraction of sp³-hybridized carbons (Fsp3) is 0.643. The van der Waals surface area contributed by atoms with Crippen LogP contribution in [0.1, 0.15) is 26.6 Å². The molecule has 0 aliphatic rings. The molecule has 0 aliphatic carbocycles. The smallest absolute Gasteiger partial charge is 0.227 e. The van der Waals surface area contributed by atoms with E-state index < -0.39 is 5.41 Å². The van der Waals surface area contributed by atoms with Gasteiger partial charge >= 0.3 is 0 Å². The number of hydrogen-bond acceptors (Lipinski definition) is 6. The van der Waals surface area contributed by atoms with E-state index in [9.17, 15) is 4.79 Å². The third kappa shape index (κ3) is 5.18. The number of amides is 1. The molecule has 0 fully saturated rings. The topological polar surface area (TPSA) is 88.2 Å². The minimum atomic E-state index is -0.528. The second kappa shape index (κ2) is 7.78. The fourth-order valence-corrected chi connectivity index (χ4v) is 1.78. The summed E-state index contributed by atoms with van der Waals surface area (Å²) in [5, 5.41) is 9.00. The van der Waals surface area contributed by atoms with Gasteiger partial charge < -0.3 is 20.7 Å². The minimum Gasteiger partial charge on any atom is -0.377 e. The monoisotopic (exact) mass is 295 g/mol. The van der Waals surface area contributed by atoms with Gasteiger partial charge in [-0.3, -0.25) is 4.79 Å². The second-order valence-electron chi connectivity index (χ2n) is 5.33. The Morgan fingerprint density at radius 1 is 1.29 bits per heavy atom. The number of nitrogens with zero attached hydrogens (tertiary/aromatic N) is 2. The molecule has 1 aromatic heterocycles. The van der Waals surface area contributed by atoms with Crippen LogP contribution in [0.4, 0.5) is 11.6 Å². The first-order valence-corrected chi connectivity index (χ1v) is 6.99. The number of carbonyl (C=O) groups is 1. The lowest BCUT2D eigenvalue weighted by molar-refractivity contribution is -0.128. The molecule has 1 rings (SSSR count). The van der Waals surface area contributed by atoms with Gasteiger partial charge in [-0.15, -0.1) is 0 Å². The zero-order valence-corrected chi connectivity index (χ0v) is 13.4. The number of rotatable bonds is 8. The van der Waals surface area contributed by atoms with Crippen LogP contribution in [0, 0.1) is 5.41 Å². The van der Waals surface area contributed by atoms with Crippen LogP contribution in [0.25, 0.3) is 0 Å². The van der Waals surface area contributed by atoms with Crippen LogP contribution >= 0.6 is 0 Å². The van der Waals surface area contributed by atoms with Crippen molar-refractivity contribution in [3.63, 3.8) is 0 Å². The largest absolute Gasteiger partial charge is 0.377 e. The van der Waals surface area contributed by atoms with Crippen molar-refractivity contribution in [1.29, 1.82) is 0 Å². The lowest BCUT2D eigenvalue weighted by Gasteiger charge is -2.23. The highest BCUT2D eigenvalue weighted by molar-refractivity contribution is 5.82. The van der Waals surface area contributed by atoms with Gasteiger partial charge in [0.1, 0.15) is 18.2 Å². The predicted molar refractivity (Wildman–Crippen MR) is 83.2 cm³/mol. The van der Waals surface area contributed by atoms with E-state index >= 15 is 0 Å². The lowest BCUT2D eigenvalue weighted by Crippen LogP contribution is -2.39. The van der Waals surface area contributed by atoms with Crippen LogP contribution < -0.4 is 16.0 Å². The summed E-state index contributed by atoms with van der Waals surface area (Å²) in [6.45, 7) is 7.34. The van der Waals surface area contributed by atoms with Gasteiger partial charge in [-0.1, -0.05) is 0 Å². The van der Waals surface area contributed by atoms with Crippen LogP contribution in [0.5, 0.6) is 0 Å². The van der Waals surface area contributed by atoms with Gasteiger partial charge in [-0.25, -0.2) is 9.97 Å². The molecular formula is C14H25N5O2. The number of hydrogen-bond donors (Lipinski definition) is 3. The standard InChI is InChI=1S/C14H25N5O2/c1-6-16-10-7-11(19-12(18-10)8-21-5)17-9-14(2,3)13(20)15-4/h7H,6,8-9H2,1-5H3,(H,15,20)(H2,16,17,18,19). The van der Waals surface area contributed by atoms with E-state index in [0.717, 1.165) is 12.4 Å². The maximum atomic E-state index is 11.8. The molecule has 0 spiro atoms. The lowest BCUT2D eigenvalue weighted by atomic mass is 9.92. The number of ether oxygens (including phenoxy) is 1. The highest BCUT2D eigenvalue weighted by Gasteiger charge is 2.26. The van der Waals surface area contributed by atoms with E-state index in [4.69, 9.17) is 4.74 Å². The fourth-order valence-electron chi connectivity index (χ4n) is 1.78. The van der Waals surface area contributed by atoms with Gasteiger partial charge in [0.15, 0.2) is 5.82 Å². The van der Waals surface area contributed by atoms with Crippen molar-refractivity contribution in [2.75, 3.05) is 37.9 Å². The van der Waals surface area contributed by atoms with Crippen LogP contribution in [0.2, 0.25) is 0 Å². The zero-order chi connectivity index (χ0) is 15.9. The van der Waals surface area contributed by atoms with Crippen LogP contribution in [0.3, 0.4) is 0 Å². The first kappa shape index (κ1) is 17.2. The van der Waals surface area contributed by atoms with Gasteiger partial charge in [0.2, 0.25) is 5.91 Å². The Bertz CT molecular complexity index is 452. The Hall–Kier alpha value is -1.89. The highest BCUT2D eigenvalue weighted by atomic mass is 16.5. The maximum absolute atomic E-state index is 11.8. The number of anilines is 2. The number of methoxy groups -OCH3 is 1. The summed E-state index contributed by atoms with van der Waals surface area (Å²) in [6.07, 6.45) is 0. The SMILES string of the molecule is CCNc1cc(NCC(C)(C)C(=O)NC)nc(COC)n1. The van der Waals surface area contributed by atoms with Gasteiger partial charge in [-0.05, 0) is 20.8 Å². The summed E-state index contributed by atoms with van der Waals surface area (Å²) >= 11 is 0. The molecule has 0 radical (unpaired) electrons. The van der Waals surface area contributed by atoms with Crippen LogP contribution in [-0.4, -0.2) is 43.1 Å². The van der Waals surface area contributed by atoms with Crippen molar-refractivity contribution in [2.45, 2.75) is 27.4 Å². The number of aromatic nitrogens is 2. The number of nitrogens with one attached hydrogen (secondary N) is 3. The molecule has 1 aromatic rings. The third-order valence-corrected chi connectivity index (χ3v) is 2.96. The summed E-state index contributed by atoms with van der Waals surface area (Å²) in [5.41, 5.74) is -0.528. The van der Waals surface area contributed by atoms with Crippen molar-refractivity contribution >= 4 is 17.5 Å². The summed E-state index contributed by atoms with van der Waals surface area (Å²) in [7, 11) is 3.24. The van der Waals surface area contributed by atoms with Gasteiger partial charge in [-0.2, -0.15) is 0 Å². The molecule has 3 N–H and O–H groups in total. The minimum absolute atomic E-state index is 0.0203. The molecule has 0 unspecified atom stereocenters. The Labute approximate surface area is 125 Å². The van der Waals surface area contributed by atoms with E-state index in [0.29, 0.717) is 24.8 Å².